The van der Waals surface area contributed by atoms with E-state index in [1.807, 2.05) is 42.5 Å². The molecule has 1 atom stereocenters. The summed E-state index contributed by atoms with van der Waals surface area (Å²) in [7, 11) is 1.69. The van der Waals surface area contributed by atoms with E-state index in [4.69, 9.17) is 9.47 Å². The number of nitrogens with one attached hydrogen (secondary N) is 1. The fraction of sp³-hybridized carbons (Fsp3) is 0.409. The van der Waals surface area contributed by atoms with E-state index in [1.165, 1.54) is 0 Å². The molecule has 2 aromatic carbocycles. The maximum absolute atomic E-state index is 13.2. The van der Waals surface area contributed by atoms with Crippen LogP contribution in [0.1, 0.15) is 35.6 Å². The molecule has 0 aliphatic carbocycles. The summed E-state index contributed by atoms with van der Waals surface area (Å²) in [5.74, 6) is 0.0580. The van der Waals surface area contributed by atoms with Crippen LogP contribution in [0.4, 0.5) is 0 Å². The molecule has 0 bridgehead atoms. The molecule has 2 aromatic rings. The lowest BCUT2D eigenvalue weighted by Gasteiger charge is -2.36. The molecule has 1 unspecified atom stereocenters. The van der Waals surface area contributed by atoms with Gasteiger partial charge in [-0.1, -0.05) is 54.6 Å². The molecule has 1 aliphatic rings. The van der Waals surface area contributed by atoms with E-state index in [0.717, 1.165) is 16.7 Å². The fourth-order valence-electron chi connectivity index (χ4n) is 3.75. The van der Waals surface area contributed by atoms with Gasteiger partial charge in [0.15, 0.2) is 0 Å². The van der Waals surface area contributed by atoms with Crippen molar-refractivity contribution in [1.82, 2.24) is 5.32 Å². The van der Waals surface area contributed by atoms with Gasteiger partial charge in [-0.3, -0.25) is 4.79 Å². The van der Waals surface area contributed by atoms with Crippen molar-refractivity contribution in [2.75, 3.05) is 26.9 Å². The monoisotopic (exact) mass is 353 g/mol. The van der Waals surface area contributed by atoms with Crippen LogP contribution in [0.25, 0.3) is 0 Å². The molecule has 138 valence electrons. The summed E-state index contributed by atoms with van der Waals surface area (Å²) >= 11 is 0. The van der Waals surface area contributed by atoms with Crippen molar-refractivity contribution in [1.29, 1.82) is 0 Å². The van der Waals surface area contributed by atoms with E-state index in [9.17, 15) is 4.79 Å². The highest BCUT2D eigenvalue weighted by molar-refractivity contribution is 5.88. The maximum Gasteiger partial charge on any atom is 0.230 e. The predicted octanol–water partition coefficient (Wildman–Crippen LogP) is 3.55. The molecule has 0 spiro atoms. The van der Waals surface area contributed by atoms with Gasteiger partial charge in [0.1, 0.15) is 0 Å². The molecule has 0 saturated carbocycles. The molecule has 3 rings (SSSR count). The van der Waals surface area contributed by atoms with E-state index in [0.29, 0.717) is 32.6 Å². The van der Waals surface area contributed by atoms with Gasteiger partial charge in [-0.2, -0.15) is 0 Å². The van der Waals surface area contributed by atoms with Crippen molar-refractivity contribution in [3.05, 3.63) is 71.3 Å². The average Bonchev–Trinajstić information content (AvgIpc) is 2.70. The molecular weight excluding hydrogens is 326 g/mol. The molecular formula is C22H27NO3. The van der Waals surface area contributed by atoms with Crippen molar-refractivity contribution in [2.45, 2.75) is 31.3 Å². The summed E-state index contributed by atoms with van der Waals surface area (Å²) in [6, 6.07) is 18.2. The summed E-state index contributed by atoms with van der Waals surface area (Å²) in [6.07, 6.45) is 1.24. The van der Waals surface area contributed by atoms with Gasteiger partial charge >= 0.3 is 0 Å². The third-order valence-electron chi connectivity index (χ3n) is 5.38. The lowest BCUT2D eigenvalue weighted by atomic mass is 9.73. The highest BCUT2D eigenvalue weighted by Gasteiger charge is 2.41. The first-order valence-corrected chi connectivity index (χ1v) is 9.17. The second-order valence-corrected chi connectivity index (χ2v) is 6.85. The van der Waals surface area contributed by atoms with Gasteiger partial charge in [0.2, 0.25) is 5.91 Å². The van der Waals surface area contributed by atoms with E-state index in [2.05, 4.69) is 24.4 Å². The van der Waals surface area contributed by atoms with E-state index in [1.54, 1.807) is 7.11 Å². The predicted molar refractivity (Wildman–Crippen MR) is 102 cm³/mol. The van der Waals surface area contributed by atoms with Gasteiger partial charge in [-0.25, -0.2) is 0 Å². The standard InChI is InChI=1S/C22H27NO3/c1-17-8-6-7-11-19(17)20(25-2)16-23-21(24)22(12-14-26-15-13-22)18-9-4-3-5-10-18/h3-11,20H,12-16H2,1-2H3,(H,23,24). The van der Waals surface area contributed by atoms with Crippen LogP contribution in [0.15, 0.2) is 54.6 Å². The SMILES string of the molecule is COC(CNC(=O)C1(c2ccccc2)CCOCC1)c1ccccc1C. The fourth-order valence-corrected chi connectivity index (χ4v) is 3.75. The minimum atomic E-state index is -0.524. The minimum Gasteiger partial charge on any atom is -0.381 e. The van der Waals surface area contributed by atoms with E-state index >= 15 is 0 Å². The number of carbonyl (C=O) groups is 1. The van der Waals surface area contributed by atoms with Gasteiger partial charge in [0.25, 0.3) is 0 Å². The van der Waals surface area contributed by atoms with Gasteiger partial charge < -0.3 is 14.8 Å². The number of carbonyl (C=O) groups excluding carboxylic acids is 1. The Labute approximate surface area is 155 Å². The normalized spacial score (nSPS) is 17.5. The summed E-state index contributed by atoms with van der Waals surface area (Å²) in [5, 5.41) is 3.15. The van der Waals surface area contributed by atoms with E-state index in [-0.39, 0.29) is 12.0 Å². The third-order valence-corrected chi connectivity index (χ3v) is 5.38. The highest BCUT2D eigenvalue weighted by atomic mass is 16.5. The molecule has 1 aliphatic heterocycles. The van der Waals surface area contributed by atoms with Gasteiger partial charge in [0.05, 0.1) is 11.5 Å². The number of amides is 1. The van der Waals surface area contributed by atoms with Crippen molar-refractivity contribution in [3.63, 3.8) is 0 Å². The minimum absolute atomic E-state index is 0.0580. The number of hydrogen-bond acceptors (Lipinski definition) is 3. The molecule has 1 N–H and O–H groups in total. The zero-order chi connectivity index (χ0) is 18.4. The topological polar surface area (TPSA) is 47.6 Å². The number of ether oxygens (including phenoxy) is 2. The summed E-state index contributed by atoms with van der Waals surface area (Å²) in [6.45, 7) is 3.73. The molecule has 1 heterocycles. The Hall–Kier alpha value is -2.17. The van der Waals surface area contributed by atoms with Crippen LogP contribution in [-0.4, -0.2) is 32.8 Å². The summed E-state index contributed by atoms with van der Waals surface area (Å²) in [4.78, 5) is 13.2. The lowest BCUT2D eigenvalue weighted by molar-refractivity contribution is -0.131. The third kappa shape index (κ3) is 3.81. The molecule has 1 fully saturated rings. The van der Waals surface area contributed by atoms with Crippen LogP contribution in [0, 0.1) is 6.92 Å². The molecule has 4 nitrogen and oxygen atoms in total. The number of aryl methyl sites for hydroxylation is 1. The molecule has 4 heteroatoms. The molecule has 26 heavy (non-hydrogen) atoms. The Morgan fingerprint density at radius 1 is 1.12 bits per heavy atom. The van der Waals surface area contributed by atoms with Crippen molar-refractivity contribution in [3.8, 4) is 0 Å². The Kier molecular flexibility index (Phi) is 6.07. The number of rotatable bonds is 6. The largest absolute Gasteiger partial charge is 0.381 e. The van der Waals surface area contributed by atoms with Gasteiger partial charge in [-0.15, -0.1) is 0 Å². The maximum atomic E-state index is 13.2. The number of methoxy groups -OCH3 is 1. The van der Waals surface area contributed by atoms with Crippen LogP contribution in [0.3, 0.4) is 0 Å². The first kappa shape index (κ1) is 18.6. The summed E-state index contributed by atoms with van der Waals surface area (Å²) < 4.78 is 11.2. The van der Waals surface area contributed by atoms with E-state index < -0.39 is 5.41 Å². The first-order valence-electron chi connectivity index (χ1n) is 9.17. The zero-order valence-electron chi connectivity index (χ0n) is 15.5. The second kappa shape index (κ2) is 8.47. The van der Waals surface area contributed by atoms with Gasteiger partial charge in [-0.05, 0) is 36.5 Å². The number of hydrogen-bond donors (Lipinski definition) is 1. The Bertz CT molecular complexity index is 723. The first-order chi connectivity index (χ1) is 12.7. The average molecular weight is 353 g/mol. The quantitative estimate of drug-likeness (QED) is 0.864. The van der Waals surface area contributed by atoms with Gasteiger partial charge in [0, 0.05) is 26.9 Å². The van der Waals surface area contributed by atoms with Crippen LogP contribution in [-0.2, 0) is 19.7 Å². The Balaban J connectivity index is 1.77. The molecule has 0 aromatic heterocycles. The van der Waals surface area contributed by atoms with Crippen LogP contribution in [0.5, 0.6) is 0 Å². The van der Waals surface area contributed by atoms with Crippen LogP contribution < -0.4 is 5.32 Å². The number of benzene rings is 2. The van der Waals surface area contributed by atoms with Crippen LogP contribution >= 0.6 is 0 Å². The van der Waals surface area contributed by atoms with Crippen LogP contribution in [0.2, 0.25) is 0 Å². The smallest absolute Gasteiger partial charge is 0.230 e. The lowest BCUT2D eigenvalue weighted by Crippen LogP contribution is -2.49. The van der Waals surface area contributed by atoms with Crippen molar-refractivity contribution in [2.24, 2.45) is 0 Å². The Morgan fingerprint density at radius 2 is 1.77 bits per heavy atom. The Morgan fingerprint density at radius 3 is 2.42 bits per heavy atom. The molecule has 1 amide bonds. The summed E-state index contributed by atoms with van der Waals surface area (Å²) in [5.41, 5.74) is 2.81. The molecule has 1 saturated heterocycles. The second-order valence-electron chi connectivity index (χ2n) is 6.85. The van der Waals surface area contributed by atoms with Crippen molar-refractivity contribution >= 4 is 5.91 Å². The highest BCUT2D eigenvalue weighted by Crippen LogP contribution is 2.35. The zero-order valence-corrected chi connectivity index (χ0v) is 15.5. The van der Waals surface area contributed by atoms with Crippen molar-refractivity contribution < 1.29 is 14.3 Å². The molecule has 0 radical (unpaired) electrons.